The van der Waals surface area contributed by atoms with Crippen LogP contribution in [0.15, 0.2) is 45.6 Å². The van der Waals surface area contributed by atoms with E-state index in [2.05, 4.69) is 22.6 Å². The minimum atomic E-state index is -3.79. The number of pyridine rings is 1. The van der Waals surface area contributed by atoms with Crippen molar-refractivity contribution in [3.8, 4) is 0 Å². The number of amides is 1. The third kappa shape index (κ3) is 3.26. The molecular weight excluding hydrogens is 368 g/mol. The van der Waals surface area contributed by atoms with Crippen LogP contribution < -0.4 is 10.0 Å². The molecule has 24 heavy (non-hydrogen) atoms. The van der Waals surface area contributed by atoms with Gasteiger partial charge in [0.15, 0.2) is 0 Å². The SMILES string of the molecule is CN(C(=O)c1ccc(S(N)(=O)=O)cc1)c1ccc2nc(S)sc2n1. The van der Waals surface area contributed by atoms with E-state index < -0.39 is 10.0 Å². The zero-order valence-electron chi connectivity index (χ0n) is 12.4. The van der Waals surface area contributed by atoms with Crippen molar-refractivity contribution in [1.29, 1.82) is 0 Å². The van der Waals surface area contributed by atoms with Gasteiger partial charge in [-0.1, -0.05) is 11.3 Å². The summed E-state index contributed by atoms with van der Waals surface area (Å²) in [6.45, 7) is 0. The Morgan fingerprint density at radius 2 is 1.83 bits per heavy atom. The van der Waals surface area contributed by atoms with Gasteiger partial charge in [0.2, 0.25) is 10.0 Å². The van der Waals surface area contributed by atoms with Crippen LogP contribution in [-0.4, -0.2) is 31.3 Å². The highest BCUT2D eigenvalue weighted by Crippen LogP contribution is 2.25. The van der Waals surface area contributed by atoms with Crippen LogP contribution in [0.5, 0.6) is 0 Å². The van der Waals surface area contributed by atoms with Crippen molar-refractivity contribution in [2.24, 2.45) is 5.14 Å². The molecule has 1 amide bonds. The third-order valence-electron chi connectivity index (χ3n) is 3.31. The Kier molecular flexibility index (Phi) is 4.30. The summed E-state index contributed by atoms with van der Waals surface area (Å²) in [4.78, 5) is 23.1. The number of nitrogens with zero attached hydrogens (tertiary/aromatic N) is 3. The molecule has 0 saturated heterocycles. The van der Waals surface area contributed by atoms with Crippen molar-refractivity contribution in [1.82, 2.24) is 9.97 Å². The molecule has 7 nitrogen and oxygen atoms in total. The fourth-order valence-electron chi connectivity index (χ4n) is 2.07. The van der Waals surface area contributed by atoms with Crippen molar-refractivity contribution in [2.45, 2.75) is 9.24 Å². The lowest BCUT2D eigenvalue weighted by Crippen LogP contribution is -2.27. The van der Waals surface area contributed by atoms with Crippen LogP contribution >= 0.6 is 24.0 Å². The van der Waals surface area contributed by atoms with Gasteiger partial charge in [0.05, 0.1) is 4.90 Å². The zero-order chi connectivity index (χ0) is 17.5. The van der Waals surface area contributed by atoms with E-state index in [4.69, 9.17) is 5.14 Å². The summed E-state index contributed by atoms with van der Waals surface area (Å²) in [5, 5.41) is 5.04. The van der Waals surface area contributed by atoms with Crippen LogP contribution in [0.2, 0.25) is 0 Å². The molecule has 10 heteroatoms. The fraction of sp³-hybridized carbons (Fsp3) is 0.0714. The molecule has 2 heterocycles. The second kappa shape index (κ2) is 6.13. The smallest absolute Gasteiger partial charge is 0.259 e. The van der Waals surface area contributed by atoms with Crippen molar-refractivity contribution in [3.05, 3.63) is 42.0 Å². The van der Waals surface area contributed by atoms with E-state index in [9.17, 15) is 13.2 Å². The third-order valence-corrected chi connectivity index (χ3v) is 5.38. The summed E-state index contributed by atoms with van der Waals surface area (Å²) in [5.41, 5.74) is 1.04. The van der Waals surface area contributed by atoms with E-state index in [1.54, 1.807) is 19.2 Å². The summed E-state index contributed by atoms with van der Waals surface area (Å²) in [6, 6.07) is 8.87. The minimum Gasteiger partial charge on any atom is -0.296 e. The van der Waals surface area contributed by atoms with Gasteiger partial charge in [0.1, 0.15) is 20.5 Å². The molecule has 0 radical (unpaired) electrons. The molecule has 0 bridgehead atoms. The van der Waals surface area contributed by atoms with Gasteiger partial charge in [-0.15, -0.1) is 12.6 Å². The normalized spacial score (nSPS) is 11.6. The lowest BCUT2D eigenvalue weighted by molar-refractivity contribution is 0.0992. The van der Waals surface area contributed by atoms with Gasteiger partial charge in [-0.2, -0.15) is 0 Å². The highest BCUT2D eigenvalue weighted by atomic mass is 32.2. The average Bonchev–Trinajstić information content (AvgIpc) is 2.91. The molecule has 3 aromatic rings. The molecule has 0 aliphatic heterocycles. The monoisotopic (exact) mass is 380 g/mol. The van der Waals surface area contributed by atoms with Gasteiger partial charge in [-0.3, -0.25) is 9.69 Å². The molecule has 0 spiro atoms. The topological polar surface area (TPSA) is 106 Å². The molecule has 0 unspecified atom stereocenters. The lowest BCUT2D eigenvalue weighted by Gasteiger charge is -2.16. The molecular formula is C14H12N4O3S3. The number of benzene rings is 1. The fourth-order valence-corrected chi connectivity index (χ4v) is 3.62. The Hall–Kier alpha value is -2.01. The number of thiazole rings is 1. The number of sulfonamides is 1. The number of hydrogen-bond donors (Lipinski definition) is 2. The molecule has 0 aliphatic rings. The Balaban J connectivity index is 1.90. The van der Waals surface area contributed by atoms with Crippen LogP contribution in [0.1, 0.15) is 10.4 Å². The summed E-state index contributed by atoms with van der Waals surface area (Å²) >= 11 is 5.51. The molecule has 0 fully saturated rings. The van der Waals surface area contributed by atoms with Crippen LogP contribution in [0.4, 0.5) is 5.82 Å². The Bertz CT molecular complexity index is 1030. The van der Waals surface area contributed by atoms with Crippen LogP contribution in [0.3, 0.4) is 0 Å². The van der Waals surface area contributed by atoms with Crippen molar-refractivity contribution < 1.29 is 13.2 Å². The molecule has 0 saturated carbocycles. The number of hydrogen-bond acceptors (Lipinski definition) is 7. The Morgan fingerprint density at radius 3 is 2.46 bits per heavy atom. The number of carbonyl (C=O) groups is 1. The van der Waals surface area contributed by atoms with Gasteiger partial charge >= 0.3 is 0 Å². The number of rotatable bonds is 3. The van der Waals surface area contributed by atoms with Gasteiger partial charge in [0, 0.05) is 12.6 Å². The van der Waals surface area contributed by atoms with E-state index in [1.165, 1.54) is 40.5 Å². The maximum atomic E-state index is 12.5. The van der Waals surface area contributed by atoms with Crippen LogP contribution in [0, 0.1) is 0 Å². The number of carbonyl (C=O) groups excluding carboxylic acids is 1. The zero-order valence-corrected chi connectivity index (χ0v) is 14.9. The average molecular weight is 380 g/mol. The van der Waals surface area contributed by atoms with Gasteiger partial charge in [-0.25, -0.2) is 23.5 Å². The number of aromatic nitrogens is 2. The first-order valence-electron chi connectivity index (χ1n) is 6.63. The van der Waals surface area contributed by atoms with Gasteiger partial charge < -0.3 is 0 Å². The van der Waals surface area contributed by atoms with Crippen molar-refractivity contribution in [2.75, 3.05) is 11.9 Å². The number of thiol groups is 1. The van der Waals surface area contributed by atoms with Crippen molar-refractivity contribution in [3.63, 3.8) is 0 Å². The summed E-state index contributed by atoms with van der Waals surface area (Å²) in [5.74, 6) is 0.137. The molecule has 2 aromatic heterocycles. The maximum absolute atomic E-state index is 12.5. The van der Waals surface area contributed by atoms with Crippen LogP contribution in [-0.2, 0) is 10.0 Å². The second-order valence-electron chi connectivity index (χ2n) is 4.92. The largest absolute Gasteiger partial charge is 0.296 e. The first-order valence-corrected chi connectivity index (χ1v) is 9.44. The van der Waals surface area contributed by atoms with Gasteiger partial charge in [0.25, 0.3) is 5.91 Å². The number of primary sulfonamides is 1. The van der Waals surface area contributed by atoms with Gasteiger partial charge in [-0.05, 0) is 36.4 Å². The molecule has 3 rings (SSSR count). The lowest BCUT2D eigenvalue weighted by atomic mass is 10.2. The first-order chi connectivity index (χ1) is 11.3. The highest BCUT2D eigenvalue weighted by molar-refractivity contribution is 7.89. The van der Waals surface area contributed by atoms with E-state index in [1.807, 2.05) is 0 Å². The Labute approximate surface area is 147 Å². The quantitative estimate of drug-likeness (QED) is 0.675. The number of fused-ring (bicyclic) bond motifs is 1. The molecule has 0 aliphatic carbocycles. The molecule has 1 aromatic carbocycles. The summed E-state index contributed by atoms with van der Waals surface area (Å²) < 4.78 is 23.1. The van der Waals surface area contributed by atoms with E-state index in [0.717, 1.165) is 0 Å². The molecule has 2 N–H and O–H groups in total. The number of anilines is 1. The summed E-state index contributed by atoms with van der Waals surface area (Å²) in [7, 11) is -2.20. The number of nitrogens with two attached hydrogens (primary N) is 1. The van der Waals surface area contributed by atoms with Crippen molar-refractivity contribution >= 4 is 56.1 Å². The van der Waals surface area contributed by atoms with E-state index in [-0.39, 0.29) is 10.8 Å². The second-order valence-corrected chi connectivity index (χ2v) is 8.19. The maximum Gasteiger partial charge on any atom is 0.259 e. The first kappa shape index (κ1) is 16.8. The predicted octanol–water partition coefficient (Wildman–Crippen LogP) is 1.90. The minimum absolute atomic E-state index is 0.0489. The molecule has 0 atom stereocenters. The standard InChI is InChI=1S/C14H12N4O3S3/c1-18(11-7-6-10-12(17-11)23-14(22)16-10)13(19)8-2-4-9(5-3-8)24(15,20)21/h2-7H,1H3,(H,16,22)(H2,15,20,21). The summed E-state index contributed by atoms with van der Waals surface area (Å²) in [6.07, 6.45) is 0. The Morgan fingerprint density at radius 1 is 1.17 bits per heavy atom. The van der Waals surface area contributed by atoms with Crippen LogP contribution in [0.25, 0.3) is 10.3 Å². The highest BCUT2D eigenvalue weighted by Gasteiger charge is 2.17. The van der Waals surface area contributed by atoms with E-state index in [0.29, 0.717) is 26.1 Å². The van der Waals surface area contributed by atoms with E-state index >= 15 is 0 Å². The molecule has 124 valence electrons. The predicted molar refractivity (Wildman–Crippen MR) is 95.2 cm³/mol.